The molecule has 1 saturated heterocycles. The molecule has 1 aromatic carbocycles. The van der Waals surface area contributed by atoms with Crippen molar-refractivity contribution in [2.24, 2.45) is 5.92 Å². The van der Waals surface area contributed by atoms with Crippen molar-refractivity contribution in [2.45, 2.75) is 65.4 Å². The van der Waals surface area contributed by atoms with Gasteiger partial charge in [-0.1, -0.05) is 38.8 Å². The van der Waals surface area contributed by atoms with E-state index >= 15 is 0 Å². The summed E-state index contributed by atoms with van der Waals surface area (Å²) in [6.07, 6.45) is 3.86. The maximum atomic E-state index is 12.9. The van der Waals surface area contributed by atoms with E-state index in [9.17, 15) is 9.59 Å². The van der Waals surface area contributed by atoms with Crippen molar-refractivity contribution in [1.82, 2.24) is 9.80 Å². The third kappa shape index (κ3) is 4.68. The van der Waals surface area contributed by atoms with E-state index < -0.39 is 6.10 Å². The molecule has 1 unspecified atom stereocenters. The lowest BCUT2D eigenvalue weighted by Crippen LogP contribution is -2.54. The lowest BCUT2D eigenvalue weighted by molar-refractivity contribution is -0.145. The van der Waals surface area contributed by atoms with Gasteiger partial charge in [0.15, 0.2) is 6.10 Å². The zero-order valence-electron chi connectivity index (χ0n) is 17.7. The van der Waals surface area contributed by atoms with Gasteiger partial charge in [0.2, 0.25) is 5.91 Å². The topological polar surface area (TPSA) is 49.9 Å². The van der Waals surface area contributed by atoms with Crippen LogP contribution in [-0.4, -0.2) is 53.9 Å². The fraction of sp³-hybridized carbons (Fsp3) is 0.652. The summed E-state index contributed by atoms with van der Waals surface area (Å²) < 4.78 is 6.03. The van der Waals surface area contributed by atoms with Crippen LogP contribution in [0.2, 0.25) is 0 Å². The largest absolute Gasteiger partial charge is 0.481 e. The van der Waals surface area contributed by atoms with E-state index in [1.54, 1.807) is 0 Å². The zero-order valence-corrected chi connectivity index (χ0v) is 17.7. The Morgan fingerprint density at radius 1 is 1.00 bits per heavy atom. The van der Waals surface area contributed by atoms with Gasteiger partial charge < -0.3 is 14.5 Å². The quantitative estimate of drug-likeness (QED) is 0.774. The maximum absolute atomic E-state index is 12.9. The first-order valence-corrected chi connectivity index (χ1v) is 10.7. The first-order chi connectivity index (χ1) is 13.4. The second-order valence-corrected chi connectivity index (χ2v) is 8.57. The number of carbonyl (C=O) groups is 2. The van der Waals surface area contributed by atoms with Gasteiger partial charge in [0.1, 0.15) is 5.75 Å². The van der Waals surface area contributed by atoms with Crippen molar-refractivity contribution in [3.8, 4) is 5.75 Å². The number of hydrogen-bond donors (Lipinski definition) is 0. The molecule has 2 amide bonds. The van der Waals surface area contributed by atoms with Gasteiger partial charge in [0.25, 0.3) is 5.91 Å². The summed E-state index contributed by atoms with van der Waals surface area (Å²) >= 11 is 0. The Kier molecular flexibility index (Phi) is 6.63. The second-order valence-electron chi connectivity index (χ2n) is 8.57. The summed E-state index contributed by atoms with van der Waals surface area (Å²) in [5, 5.41) is 0. The predicted octanol–water partition coefficient (Wildman–Crippen LogP) is 3.75. The van der Waals surface area contributed by atoms with Gasteiger partial charge in [-0.05, 0) is 49.8 Å². The van der Waals surface area contributed by atoms with Crippen molar-refractivity contribution < 1.29 is 14.3 Å². The Balaban J connectivity index is 1.55. The molecule has 28 heavy (non-hydrogen) atoms. The SMILES string of the molecule is Cc1ccc(C(C)C)cc1OC(C)C(=O)N1CCN(C(=O)C2CCCC2)CC1. The minimum Gasteiger partial charge on any atom is -0.481 e. The third-order valence-corrected chi connectivity index (χ3v) is 6.14. The van der Waals surface area contributed by atoms with E-state index in [1.165, 1.54) is 18.4 Å². The number of carbonyl (C=O) groups excluding carboxylic acids is 2. The summed E-state index contributed by atoms with van der Waals surface area (Å²) in [5.41, 5.74) is 2.25. The Hall–Kier alpha value is -2.04. The third-order valence-electron chi connectivity index (χ3n) is 6.14. The molecule has 5 nitrogen and oxygen atoms in total. The van der Waals surface area contributed by atoms with Crippen LogP contribution in [0, 0.1) is 12.8 Å². The van der Waals surface area contributed by atoms with Gasteiger partial charge in [0.05, 0.1) is 0 Å². The average molecular weight is 387 g/mol. The van der Waals surface area contributed by atoms with Crippen molar-refractivity contribution in [3.63, 3.8) is 0 Å². The van der Waals surface area contributed by atoms with Gasteiger partial charge in [-0.15, -0.1) is 0 Å². The van der Waals surface area contributed by atoms with E-state index in [1.807, 2.05) is 29.7 Å². The number of aryl methyl sites for hydroxylation is 1. The molecule has 1 aliphatic carbocycles. The van der Waals surface area contributed by atoms with Crippen molar-refractivity contribution in [3.05, 3.63) is 29.3 Å². The van der Waals surface area contributed by atoms with E-state index in [0.717, 1.165) is 24.2 Å². The maximum Gasteiger partial charge on any atom is 0.263 e. The van der Waals surface area contributed by atoms with Crippen LogP contribution in [0.15, 0.2) is 18.2 Å². The lowest BCUT2D eigenvalue weighted by atomic mass is 10.0. The highest BCUT2D eigenvalue weighted by Crippen LogP contribution is 2.27. The number of nitrogens with zero attached hydrogens (tertiary/aromatic N) is 2. The molecule has 2 aliphatic rings. The molecule has 154 valence electrons. The summed E-state index contributed by atoms with van der Waals surface area (Å²) in [6, 6.07) is 6.21. The van der Waals surface area contributed by atoms with Crippen molar-refractivity contribution in [2.75, 3.05) is 26.2 Å². The van der Waals surface area contributed by atoms with E-state index in [2.05, 4.69) is 26.0 Å². The molecule has 3 rings (SSSR count). The van der Waals surface area contributed by atoms with Crippen LogP contribution < -0.4 is 4.74 Å². The van der Waals surface area contributed by atoms with Crippen molar-refractivity contribution >= 4 is 11.8 Å². The van der Waals surface area contributed by atoms with Crippen LogP contribution >= 0.6 is 0 Å². The molecule has 1 aliphatic heterocycles. The molecule has 0 aromatic heterocycles. The molecular formula is C23H34N2O3. The van der Waals surface area contributed by atoms with E-state index in [0.29, 0.717) is 32.1 Å². The van der Waals surface area contributed by atoms with Crippen LogP contribution in [0.4, 0.5) is 0 Å². The number of amides is 2. The first-order valence-electron chi connectivity index (χ1n) is 10.7. The smallest absolute Gasteiger partial charge is 0.263 e. The van der Waals surface area contributed by atoms with Crippen LogP contribution in [0.1, 0.15) is 63.5 Å². The van der Waals surface area contributed by atoms with Crippen molar-refractivity contribution in [1.29, 1.82) is 0 Å². The molecule has 0 N–H and O–H groups in total. The first kappa shape index (κ1) is 20.7. The minimum atomic E-state index is -0.529. The fourth-order valence-corrected chi connectivity index (χ4v) is 4.18. The van der Waals surface area contributed by atoms with Gasteiger partial charge in [-0.2, -0.15) is 0 Å². The molecule has 1 heterocycles. The minimum absolute atomic E-state index is 0.00214. The second kappa shape index (κ2) is 8.97. The number of benzene rings is 1. The molecule has 1 aromatic rings. The number of piperazine rings is 1. The Morgan fingerprint density at radius 3 is 2.21 bits per heavy atom. The van der Waals surface area contributed by atoms with Gasteiger partial charge in [0, 0.05) is 32.1 Å². The molecule has 1 saturated carbocycles. The molecule has 5 heteroatoms. The zero-order chi connectivity index (χ0) is 20.3. The van der Waals surface area contributed by atoms with E-state index in [4.69, 9.17) is 4.74 Å². The van der Waals surface area contributed by atoms with Gasteiger partial charge in [-0.25, -0.2) is 0 Å². The summed E-state index contributed by atoms with van der Waals surface area (Å²) in [4.78, 5) is 29.2. The fourth-order valence-electron chi connectivity index (χ4n) is 4.18. The molecular weight excluding hydrogens is 352 g/mol. The number of hydrogen-bond acceptors (Lipinski definition) is 3. The average Bonchev–Trinajstić information content (AvgIpc) is 3.23. The lowest BCUT2D eigenvalue weighted by Gasteiger charge is -2.37. The Morgan fingerprint density at radius 2 is 1.61 bits per heavy atom. The summed E-state index contributed by atoms with van der Waals surface area (Å²) in [7, 11) is 0. The molecule has 0 radical (unpaired) electrons. The van der Waals surface area contributed by atoms with Crippen LogP contribution in [-0.2, 0) is 9.59 Å². The molecule has 1 atom stereocenters. The van der Waals surface area contributed by atoms with Crippen LogP contribution in [0.5, 0.6) is 5.75 Å². The van der Waals surface area contributed by atoms with Gasteiger partial charge in [-0.3, -0.25) is 9.59 Å². The molecule has 2 fully saturated rings. The highest BCUT2D eigenvalue weighted by Gasteiger charge is 2.32. The Bertz CT molecular complexity index is 702. The van der Waals surface area contributed by atoms with Crippen LogP contribution in [0.3, 0.4) is 0 Å². The molecule has 0 spiro atoms. The highest BCUT2D eigenvalue weighted by molar-refractivity contribution is 5.82. The number of ether oxygens (including phenoxy) is 1. The highest BCUT2D eigenvalue weighted by atomic mass is 16.5. The summed E-state index contributed by atoms with van der Waals surface area (Å²) in [5.74, 6) is 1.69. The van der Waals surface area contributed by atoms with E-state index in [-0.39, 0.29) is 17.7 Å². The normalized spacial score (nSPS) is 19.2. The summed E-state index contributed by atoms with van der Waals surface area (Å²) in [6.45, 7) is 10.6. The predicted molar refractivity (Wildman–Crippen MR) is 110 cm³/mol. The Labute approximate surface area is 169 Å². The van der Waals surface area contributed by atoms with Crippen LogP contribution in [0.25, 0.3) is 0 Å². The monoisotopic (exact) mass is 386 g/mol. The molecule has 0 bridgehead atoms. The standard InChI is InChI=1S/C23H34N2O3/c1-16(2)20-10-9-17(3)21(15-20)28-18(4)22(26)24-11-13-25(14-12-24)23(27)19-7-5-6-8-19/h9-10,15-16,18-19H,5-8,11-14H2,1-4H3. The van der Waals surface area contributed by atoms with Gasteiger partial charge >= 0.3 is 0 Å². The number of rotatable bonds is 5.